The lowest BCUT2D eigenvalue weighted by atomic mass is 9.90. The van der Waals surface area contributed by atoms with Crippen LogP contribution in [0, 0.1) is 19.7 Å². The Morgan fingerprint density at radius 2 is 1.91 bits per heavy atom. The summed E-state index contributed by atoms with van der Waals surface area (Å²) in [5.41, 5.74) is 10.0. The number of esters is 1. The van der Waals surface area contributed by atoms with Gasteiger partial charge in [0.15, 0.2) is 0 Å². The van der Waals surface area contributed by atoms with Crippen molar-refractivity contribution in [3.63, 3.8) is 0 Å². The summed E-state index contributed by atoms with van der Waals surface area (Å²) in [6, 6.07) is 10.2. The Hall–Kier alpha value is -2.20. The maximum atomic E-state index is 14.4. The quantitative estimate of drug-likeness (QED) is 0.846. The van der Waals surface area contributed by atoms with Gasteiger partial charge in [-0.3, -0.25) is 4.79 Å². The van der Waals surface area contributed by atoms with Crippen LogP contribution in [0.25, 0.3) is 11.1 Å². The average molecular weight is 315 g/mol. The van der Waals surface area contributed by atoms with Crippen molar-refractivity contribution in [1.82, 2.24) is 0 Å². The molecule has 3 nitrogen and oxygen atoms in total. The Kier molecular flexibility index (Phi) is 5.50. The first-order valence-electron chi connectivity index (χ1n) is 7.71. The zero-order valence-corrected chi connectivity index (χ0v) is 13.7. The van der Waals surface area contributed by atoms with Crippen molar-refractivity contribution >= 4 is 5.97 Å². The maximum absolute atomic E-state index is 14.4. The zero-order chi connectivity index (χ0) is 17.0. The normalized spacial score (nSPS) is 12.0. The Morgan fingerprint density at radius 3 is 2.57 bits per heavy atom. The average Bonchev–Trinajstić information content (AvgIpc) is 2.49. The SMILES string of the molecule is CCOC(=O)CC(N)c1ccc(F)c(-c2ccccc2C)c1C. The number of hydrogen-bond donors (Lipinski definition) is 1. The van der Waals surface area contributed by atoms with Crippen LogP contribution in [0.4, 0.5) is 4.39 Å². The van der Waals surface area contributed by atoms with E-state index in [4.69, 9.17) is 10.5 Å². The number of ether oxygens (including phenoxy) is 1. The van der Waals surface area contributed by atoms with Gasteiger partial charge in [-0.05, 0) is 49.1 Å². The van der Waals surface area contributed by atoms with E-state index < -0.39 is 6.04 Å². The number of carbonyl (C=O) groups is 1. The molecule has 1 atom stereocenters. The van der Waals surface area contributed by atoms with Gasteiger partial charge in [-0.2, -0.15) is 0 Å². The molecule has 0 aromatic heterocycles. The molecule has 0 spiro atoms. The smallest absolute Gasteiger partial charge is 0.307 e. The minimum Gasteiger partial charge on any atom is -0.466 e. The molecule has 0 aliphatic heterocycles. The molecule has 0 saturated carbocycles. The van der Waals surface area contributed by atoms with Gasteiger partial charge in [0.25, 0.3) is 0 Å². The first kappa shape index (κ1) is 17.2. The maximum Gasteiger partial charge on any atom is 0.307 e. The van der Waals surface area contributed by atoms with E-state index in [0.29, 0.717) is 12.2 Å². The summed E-state index contributed by atoms with van der Waals surface area (Å²) in [5.74, 6) is -0.634. The van der Waals surface area contributed by atoms with Crippen molar-refractivity contribution in [3.8, 4) is 11.1 Å². The summed E-state index contributed by atoms with van der Waals surface area (Å²) in [7, 11) is 0. The van der Waals surface area contributed by atoms with E-state index in [0.717, 1.165) is 22.3 Å². The monoisotopic (exact) mass is 315 g/mol. The number of rotatable bonds is 5. The van der Waals surface area contributed by atoms with E-state index in [1.165, 1.54) is 6.07 Å². The Bertz CT molecular complexity index is 713. The second kappa shape index (κ2) is 7.38. The molecule has 0 aliphatic rings. The summed E-state index contributed by atoms with van der Waals surface area (Å²) in [6.07, 6.45) is 0.0769. The summed E-state index contributed by atoms with van der Waals surface area (Å²) < 4.78 is 19.3. The van der Waals surface area contributed by atoms with Crippen LogP contribution in [0.5, 0.6) is 0 Å². The molecule has 2 N–H and O–H groups in total. The van der Waals surface area contributed by atoms with Crippen LogP contribution in [-0.4, -0.2) is 12.6 Å². The van der Waals surface area contributed by atoms with Crippen molar-refractivity contribution in [2.45, 2.75) is 33.2 Å². The molecule has 2 aromatic rings. The summed E-state index contributed by atoms with van der Waals surface area (Å²) in [4.78, 5) is 11.6. The lowest BCUT2D eigenvalue weighted by Gasteiger charge is -2.18. The molecule has 0 radical (unpaired) electrons. The van der Waals surface area contributed by atoms with E-state index in [1.54, 1.807) is 13.0 Å². The molecular formula is C19H22FNO2. The second-order valence-corrected chi connectivity index (χ2v) is 5.57. The van der Waals surface area contributed by atoms with Gasteiger partial charge < -0.3 is 10.5 Å². The first-order valence-corrected chi connectivity index (χ1v) is 7.71. The minimum absolute atomic E-state index is 0.0769. The highest BCUT2D eigenvalue weighted by Crippen LogP contribution is 2.33. The summed E-state index contributed by atoms with van der Waals surface area (Å²) >= 11 is 0. The molecule has 0 amide bonds. The van der Waals surface area contributed by atoms with Crippen LogP contribution in [0.1, 0.15) is 36.1 Å². The number of benzene rings is 2. The molecule has 0 aliphatic carbocycles. The van der Waals surface area contributed by atoms with Crippen LogP contribution in [0.3, 0.4) is 0 Å². The van der Waals surface area contributed by atoms with Gasteiger partial charge in [0, 0.05) is 11.6 Å². The third-order valence-corrected chi connectivity index (χ3v) is 3.96. The molecule has 122 valence electrons. The fourth-order valence-electron chi connectivity index (χ4n) is 2.79. The van der Waals surface area contributed by atoms with Crippen LogP contribution in [0.15, 0.2) is 36.4 Å². The number of halogens is 1. The predicted molar refractivity (Wildman–Crippen MR) is 89.5 cm³/mol. The van der Waals surface area contributed by atoms with Crippen LogP contribution < -0.4 is 5.73 Å². The fourth-order valence-corrected chi connectivity index (χ4v) is 2.79. The molecular weight excluding hydrogens is 293 g/mol. The van der Waals surface area contributed by atoms with E-state index in [1.807, 2.05) is 38.1 Å². The van der Waals surface area contributed by atoms with Crippen molar-refractivity contribution in [2.24, 2.45) is 5.73 Å². The van der Waals surface area contributed by atoms with E-state index in [-0.39, 0.29) is 18.2 Å². The molecule has 0 saturated heterocycles. The molecule has 2 aromatic carbocycles. The molecule has 1 unspecified atom stereocenters. The molecule has 0 fully saturated rings. The highest BCUT2D eigenvalue weighted by Gasteiger charge is 2.19. The standard InChI is InChI=1S/C19H22FNO2/c1-4-23-18(22)11-17(21)15-9-10-16(20)19(13(15)3)14-8-6-5-7-12(14)2/h5-10,17H,4,11,21H2,1-3H3. The third kappa shape index (κ3) is 3.77. The molecule has 0 heterocycles. The largest absolute Gasteiger partial charge is 0.466 e. The lowest BCUT2D eigenvalue weighted by Crippen LogP contribution is -2.18. The Balaban J connectivity index is 2.43. The van der Waals surface area contributed by atoms with Gasteiger partial charge in [-0.1, -0.05) is 30.3 Å². The van der Waals surface area contributed by atoms with Gasteiger partial charge in [-0.25, -0.2) is 4.39 Å². The molecule has 4 heteroatoms. The van der Waals surface area contributed by atoms with Crippen molar-refractivity contribution in [2.75, 3.05) is 6.61 Å². The van der Waals surface area contributed by atoms with E-state index in [2.05, 4.69) is 0 Å². The third-order valence-electron chi connectivity index (χ3n) is 3.96. The van der Waals surface area contributed by atoms with Crippen molar-refractivity contribution in [3.05, 3.63) is 58.9 Å². The highest BCUT2D eigenvalue weighted by atomic mass is 19.1. The van der Waals surface area contributed by atoms with Crippen molar-refractivity contribution < 1.29 is 13.9 Å². The Morgan fingerprint density at radius 1 is 1.22 bits per heavy atom. The lowest BCUT2D eigenvalue weighted by molar-refractivity contribution is -0.143. The van der Waals surface area contributed by atoms with Gasteiger partial charge in [0.05, 0.1) is 13.0 Å². The van der Waals surface area contributed by atoms with Gasteiger partial charge in [0.1, 0.15) is 5.82 Å². The fraction of sp³-hybridized carbons (Fsp3) is 0.316. The number of carbonyl (C=O) groups excluding carboxylic acids is 1. The number of aryl methyl sites for hydroxylation is 1. The Labute approximate surface area is 136 Å². The first-order chi connectivity index (χ1) is 11.0. The molecule has 0 bridgehead atoms. The summed E-state index contributed by atoms with van der Waals surface area (Å²) in [5, 5.41) is 0. The second-order valence-electron chi connectivity index (χ2n) is 5.57. The topological polar surface area (TPSA) is 52.3 Å². The van der Waals surface area contributed by atoms with E-state index >= 15 is 0 Å². The minimum atomic E-state index is -0.516. The van der Waals surface area contributed by atoms with Gasteiger partial charge >= 0.3 is 5.97 Å². The van der Waals surface area contributed by atoms with Gasteiger partial charge in [0.2, 0.25) is 0 Å². The number of hydrogen-bond acceptors (Lipinski definition) is 3. The van der Waals surface area contributed by atoms with Crippen LogP contribution in [-0.2, 0) is 9.53 Å². The number of nitrogens with two attached hydrogens (primary N) is 1. The zero-order valence-electron chi connectivity index (χ0n) is 13.7. The highest BCUT2D eigenvalue weighted by molar-refractivity contribution is 5.74. The molecule has 2 rings (SSSR count). The predicted octanol–water partition coefficient (Wildman–Crippen LogP) is 4.06. The van der Waals surface area contributed by atoms with Crippen LogP contribution in [0.2, 0.25) is 0 Å². The van der Waals surface area contributed by atoms with Crippen LogP contribution >= 0.6 is 0 Å². The summed E-state index contributed by atoms with van der Waals surface area (Å²) in [6.45, 7) is 5.86. The molecule has 23 heavy (non-hydrogen) atoms. The van der Waals surface area contributed by atoms with Crippen molar-refractivity contribution in [1.29, 1.82) is 0 Å². The van der Waals surface area contributed by atoms with E-state index in [9.17, 15) is 9.18 Å². The van der Waals surface area contributed by atoms with Gasteiger partial charge in [-0.15, -0.1) is 0 Å².